The highest BCUT2D eigenvalue weighted by Gasteiger charge is 2.46. The van der Waals surface area contributed by atoms with Crippen LogP contribution in [0.3, 0.4) is 0 Å². The van der Waals surface area contributed by atoms with Crippen molar-refractivity contribution in [2.45, 2.75) is 33.1 Å². The van der Waals surface area contributed by atoms with Gasteiger partial charge in [0.1, 0.15) is 17.3 Å². The Bertz CT molecular complexity index is 1180. The molecule has 0 unspecified atom stereocenters. The van der Waals surface area contributed by atoms with Gasteiger partial charge >= 0.3 is 5.97 Å². The van der Waals surface area contributed by atoms with Crippen molar-refractivity contribution in [3.05, 3.63) is 65.2 Å². The van der Waals surface area contributed by atoms with Crippen molar-refractivity contribution in [2.75, 3.05) is 19.7 Å². The van der Waals surface area contributed by atoms with Gasteiger partial charge in [-0.05, 0) is 50.8 Å². The van der Waals surface area contributed by atoms with Crippen LogP contribution < -0.4 is 0 Å². The zero-order valence-electron chi connectivity index (χ0n) is 18.0. The maximum Gasteiger partial charge on any atom is 0.314 e. The van der Waals surface area contributed by atoms with Crippen LogP contribution in [0, 0.1) is 24.0 Å². The predicted octanol–water partition coefficient (Wildman–Crippen LogP) is 3.34. The molecular weight excluding hydrogens is 418 g/mol. The van der Waals surface area contributed by atoms with E-state index in [1.54, 1.807) is 41.6 Å². The number of rotatable bonds is 5. The third kappa shape index (κ3) is 3.94. The zero-order valence-corrected chi connectivity index (χ0v) is 18.0. The minimum atomic E-state index is -1.13. The van der Waals surface area contributed by atoms with Crippen molar-refractivity contribution in [1.82, 2.24) is 19.3 Å². The second-order valence-electron chi connectivity index (χ2n) is 8.08. The molecule has 3 aromatic rings. The van der Waals surface area contributed by atoms with E-state index in [0.29, 0.717) is 36.6 Å². The molecule has 1 aliphatic heterocycles. The number of aryl methyl sites for hydroxylation is 1. The van der Waals surface area contributed by atoms with Crippen LogP contribution in [-0.4, -0.2) is 50.8 Å². The van der Waals surface area contributed by atoms with Crippen LogP contribution in [0.5, 0.6) is 0 Å². The number of aromatic nitrogens is 3. The lowest BCUT2D eigenvalue weighted by Gasteiger charge is -2.41. The lowest BCUT2D eigenvalue weighted by molar-refractivity contribution is -0.158. The van der Waals surface area contributed by atoms with Gasteiger partial charge in [0, 0.05) is 31.5 Å². The summed E-state index contributed by atoms with van der Waals surface area (Å²) < 4.78 is 34.8. The minimum Gasteiger partial charge on any atom is -0.466 e. The molecule has 1 atom stereocenters. The molecule has 0 spiro atoms. The van der Waals surface area contributed by atoms with Crippen LogP contribution in [0.4, 0.5) is 8.78 Å². The van der Waals surface area contributed by atoms with E-state index in [2.05, 4.69) is 9.97 Å². The van der Waals surface area contributed by atoms with Crippen LogP contribution in [0.1, 0.15) is 41.5 Å². The van der Waals surface area contributed by atoms with Gasteiger partial charge in [0.2, 0.25) is 5.78 Å². The van der Waals surface area contributed by atoms with Crippen LogP contribution in [0.25, 0.3) is 5.78 Å². The number of esters is 1. The first kappa shape index (κ1) is 21.9. The van der Waals surface area contributed by atoms with E-state index in [-0.39, 0.29) is 31.0 Å². The number of nitrogens with zero attached hydrogens (tertiary/aromatic N) is 4. The summed E-state index contributed by atoms with van der Waals surface area (Å²) in [5.41, 5.74) is -0.00913. The summed E-state index contributed by atoms with van der Waals surface area (Å²) >= 11 is 0. The number of hydrogen-bond acceptors (Lipinski definition) is 5. The Morgan fingerprint density at radius 3 is 2.84 bits per heavy atom. The lowest BCUT2D eigenvalue weighted by atomic mass is 9.74. The van der Waals surface area contributed by atoms with Crippen molar-refractivity contribution in [3.63, 3.8) is 0 Å². The summed E-state index contributed by atoms with van der Waals surface area (Å²) in [5.74, 6) is -1.77. The summed E-state index contributed by atoms with van der Waals surface area (Å²) in [4.78, 5) is 36.7. The van der Waals surface area contributed by atoms with Crippen LogP contribution in [-0.2, 0) is 16.0 Å². The molecule has 32 heavy (non-hydrogen) atoms. The van der Waals surface area contributed by atoms with Crippen molar-refractivity contribution in [3.8, 4) is 0 Å². The summed E-state index contributed by atoms with van der Waals surface area (Å²) in [7, 11) is 0. The summed E-state index contributed by atoms with van der Waals surface area (Å²) in [6.07, 6.45) is 4.29. The summed E-state index contributed by atoms with van der Waals surface area (Å²) in [6, 6.07) is 5.01. The molecule has 0 bridgehead atoms. The number of likely N-dealkylation sites (tertiary alicyclic amines) is 1. The fraction of sp³-hybridized carbons (Fsp3) is 0.391. The quantitative estimate of drug-likeness (QED) is 0.567. The smallest absolute Gasteiger partial charge is 0.314 e. The zero-order chi connectivity index (χ0) is 22.9. The monoisotopic (exact) mass is 442 g/mol. The van der Waals surface area contributed by atoms with Crippen molar-refractivity contribution in [2.24, 2.45) is 5.41 Å². The van der Waals surface area contributed by atoms with Gasteiger partial charge in [0.05, 0.1) is 17.7 Å². The van der Waals surface area contributed by atoms with E-state index in [4.69, 9.17) is 4.74 Å². The van der Waals surface area contributed by atoms with Gasteiger partial charge in [-0.15, -0.1) is 0 Å². The summed E-state index contributed by atoms with van der Waals surface area (Å²) in [6.45, 7) is 4.11. The van der Waals surface area contributed by atoms with E-state index in [9.17, 15) is 18.4 Å². The number of benzene rings is 1. The van der Waals surface area contributed by atoms with Gasteiger partial charge < -0.3 is 9.64 Å². The molecule has 9 heteroatoms. The van der Waals surface area contributed by atoms with E-state index < -0.39 is 23.0 Å². The highest BCUT2D eigenvalue weighted by Crippen LogP contribution is 2.37. The van der Waals surface area contributed by atoms with Crippen LogP contribution in [0.2, 0.25) is 0 Å². The Labute approximate surface area is 184 Å². The molecule has 7 nitrogen and oxygen atoms in total. The Hall–Kier alpha value is -3.36. The molecule has 168 valence electrons. The number of fused-ring (bicyclic) bond motifs is 1. The number of ether oxygens (including phenoxy) is 1. The Balaban J connectivity index is 1.69. The van der Waals surface area contributed by atoms with E-state index in [1.807, 2.05) is 0 Å². The topological polar surface area (TPSA) is 76.8 Å². The second kappa shape index (κ2) is 8.64. The molecule has 2 aromatic heterocycles. The van der Waals surface area contributed by atoms with Crippen molar-refractivity contribution >= 4 is 17.7 Å². The minimum absolute atomic E-state index is 0.00934. The molecule has 1 fully saturated rings. The molecular formula is C23H24F2N4O3. The van der Waals surface area contributed by atoms with Gasteiger partial charge in [-0.3, -0.25) is 14.0 Å². The predicted molar refractivity (Wildman–Crippen MR) is 112 cm³/mol. The van der Waals surface area contributed by atoms with Gasteiger partial charge in [0.25, 0.3) is 5.91 Å². The number of carbonyl (C=O) groups is 2. The Morgan fingerprint density at radius 1 is 1.28 bits per heavy atom. The molecule has 0 radical (unpaired) electrons. The highest BCUT2D eigenvalue weighted by atomic mass is 19.1. The first-order chi connectivity index (χ1) is 15.3. The maximum atomic E-state index is 14.4. The van der Waals surface area contributed by atoms with Gasteiger partial charge in [0.15, 0.2) is 0 Å². The number of hydrogen-bond donors (Lipinski definition) is 0. The normalized spacial score (nSPS) is 18.7. The Kier molecular flexibility index (Phi) is 5.90. The largest absolute Gasteiger partial charge is 0.466 e. The van der Waals surface area contributed by atoms with Crippen LogP contribution >= 0.6 is 0 Å². The average molecular weight is 442 g/mol. The first-order valence-corrected chi connectivity index (χ1v) is 10.5. The van der Waals surface area contributed by atoms with Crippen LogP contribution in [0.15, 0.2) is 36.7 Å². The van der Waals surface area contributed by atoms with Gasteiger partial charge in [-0.25, -0.2) is 18.7 Å². The molecule has 0 aliphatic carbocycles. The molecule has 0 N–H and O–H groups in total. The SMILES string of the molecule is CCOC(=O)[C@@]1(Cc2ccc(F)cc2F)CCCN(C(=O)c2c(C)nc3ncccn23)C1. The van der Waals surface area contributed by atoms with E-state index in [1.165, 1.54) is 6.07 Å². The molecule has 1 saturated heterocycles. The van der Waals surface area contributed by atoms with Crippen molar-refractivity contribution in [1.29, 1.82) is 0 Å². The standard InChI is InChI=1S/C23H24F2N4O3/c1-3-32-21(31)23(13-16-6-7-17(24)12-18(16)25)8-4-10-28(14-23)20(30)19-15(2)27-22-26-9-5-11-29(19)22/h5-7,9,11-12H,3-4,8,10,13-14H2,1-2H3/t23-/m1/s1. The van der Waals surface area contributed by atoms with Crippen molar-refractivity contribution < 1.29 is 23.1 Å². The molecule has 1 aliphatic rings. The molecule has 1 amide bonds. The van der Waals surface area contributed by atoms with E-state index in [0.717, 1.165) is 12.1 Å². The number of amides is 1. The van der Waals surface area contributed by atoms with E-state index >= 15 is 0 Å². The number of halogens is 2. The lowest BCUT2D eigenvalue weighted by Crippen LogP contribution is -2.52. The third-order valence-electron chi connectivity index (χ3n) is 5.90. The number of imidazole rings is 1. The number of carbonyl (C=O) groups excluding carboxylic acids is 2. The fourth-order valence-electron chi connectivity index (χ4n) is 4.41. The first-order valence-electron chi connectivity index (χ1n) is 10.5. The molecule has 1 aromatic carbocycles. The highest BCUT2D eigenvalue weighted by molar-refractivity contribution is 5.95. The second-order valence-corrected chi connectivity index (χ2v) is 8.08. The van der Waals surface area contributed by atoms with Gasteiger partial charge in [-0.2, -0.15) is 0 Å². The summed E-state index contributed by atoms with van der Waals surface area (Å²) in [5, 5.41) is 0. The maximum absolute atomic E-state index is 14.4. The number of piperidine rings is 1. The average Bonchev–Trinajstić information content (AvgIpc) is 3.11. The Morgan fingerprint density at radius 2 is 2.09 bits per heavy atom. The fourth-order valence-corrected chi connectivity index (χ4v) is 4.41. The molecule has 0 saturated carbocycles. The van der Waals surface area contributed by atoms with Gasteiger partial charge in [-0.1, -0.05) is 6.07 Å². The molecule has 4 rings (SSSR count). The molecule has 3 heterocycles. The third-order valence-corrected chi connectivity index (χ3v) is 5.90.